The Bertz CT molecular complexity index is 858. The number of allylic oxidation sites excluding steroid dienone is 1. The fourth-order valence-electron chi connectivity index (χ4n) is 3.48. The van der Waals surface area contributed by atoms with Crippen LogP contribution in [0.25, 0.3) is 0 Å². The van der Waals surface area contributed by atoms with Crippen molar-refractivity contribution in [3.05, 3.63) is 65.3 Å². The first-order chi connectivity index (χ1) is 13.1. The molecule has 2 aromatic rings. The highest BCUT2D eigenvalue weighted by Crippen LogP contribution is 2.30. The topological polar surface area (TPSA) is 44.8 Å². The molecule has 0 saturated carbocycles. The van der Waals surface area contributed by atoms with Crippen molar-refractivity contribution in [2.75, 3.05) is 43.0 Å². The molecule has 0 aromatic heterocycles. The van der Waals surface area contributed by atoms with E-state index in [4.69, 9.17) is 16.3 Å². The molecule has 2 aliphatic rings. The zero-order chi connectivity index (χ0) is 18.8. The fraction of sp³-hybridized carbons (Fsp3) is 0.286. The van der Waals surface area contributed by atoms with Gasteiger partial charge < -0.3 is 19.9 Å². The zero-order valence-corrected chi connectivity index (χ0v) is 15.8. The number of ether oxygens (including phenoxy) is 1. The molecule has 0 radical (unpaired) electrons. The third kappa shape index (κ3) is 4.03. The lowest BCUT2D eigenvalue weighted by atomic mass is 10.1. The van der Waals surface area contributed by atoms with E-state index in [1.54, 1.807) is 0 Å². The zero-order valence-electron chi connectivity index (χ0n) is 15.1. The molecule has 4 rings (SSSR count). The number of hydrogen-bond donors (Lipinski definition) is 1. The molecule has 1 fully saturated rings. The quantitative estimate of drug-likeness (QED) is 0.877. The molecule has 0 bridgehead atoms. The van der Waals surface area contributed by atoms with E-state index in [1.165, 1.54) is 5.56 Å². The van der Waals surface area contributed by atoms with Crippen molar-refractivity contribution in [1.29, 1.82) is 0 Å². The minimum Gasteiger partial charge on any atom is -0.484 e. The van der Waals surface area contributed by atoms with Crippen LogP contribution in [0.1, 0.15) is 5.56 Å². The van der Waals surface area contributed by atoms with Crippen LogP contribution < -0.4 is 15.0 Å². The van der Waals surface area contributed by atoms with Crippen molar-refractivity contribution < 1.29 is 9.53 Å². The number of piperazine rings is 1. The van der Waals surface area contributed by atoms with Crippen molar-refractivity contribution in [1.82, 2.24) is 4.90 Å². The van der Waals surface area contributed by atoms with E-state index in [0.717, 1.165) is 41.6 Å². The van der Waals surface area contributed by atoms with Gasteiger partial charge in [-0.3, -0.25) is 4.79 Å². The molecule has 2 aromatic carbocycles. The lowest BCUT2D eigenvalue weighted by molar-refractivity contribution is -0.133. The summed E-state index contributed by atoms with van der Waals surface area (Å²) in [5.74, 6) is 0.715. The monoisotopic (exact) mass is 383 g/mol. The summed E-state index contributed by atoms with van der Waals surface area (Å²) in [6.45, 7) is 6.99. The Morgan fingerprint density at radius 3 is 2.59 bits per heavy atom. The Hall–Kier alpha value is -2.66. The average Bonchev–Trinajstić information content (AvgIpc) is 3.06. The summed E-state index contributed by atoms with van der Waals surface area (Å²) in [4.78, 5) is 16.6. The standard InChI is InChI=1S/C21H22ClN3O2/c1-15-12-16-2-7-19(13-20(16)23-15)27-14-21(26)25-10-8-24(9-11-25)18-5-3-17(22)4-6-18/h2-7,13,23H,1,8-12,14H2. The molecular formula is C21H22ClN3O2. The third-order valence-electron chi connectivity index (χ3n) is 4.98. The number of fused-ring (bicyclic) bond motifs is 1. The molecule has 1 amide bonds. The van der Waals surface area contributed by atoms with Gasteiger partial charge in [-0.05, 0) is 35.9 Å². The highest BCUT2D eigenvalue weighted by atomic mass is 35.5. The lowest BCUT2D eigenvalue weighted by Crippen LogP contribution is -2.50. The minimum atomic E-state index is 0.0172. The second-order valence-electron chi connectivity index (χ2n) is 6.86. The molecule has 0 aliphatic carbocycles. The van der Waals surface area contributed by atoms with E-state index in [-0.39, 0.29) is 12.5 Å². The van der Waals surface area contributed by atoms with E-state index in [0.29, 0.717) is 18.8 Å². The minimum absolute atomic E-state index is 0.0172. The maximum absolute atomic E-state index is 12.5. The Labute approximate surface area is 164 Å². The number of nitrogens with zero attached hydrogens (tertiary/aromatic N) is 2. The van der Waals surface area contributed by atoms with Gasteiger partial charge in [-0.2, -0.15) is 0 Å². The van der Waals surface area contributed by atoms with Crippen LogP contribution in [0.15, 0.2) is 54.7 Å². The summed E-state index contributed by atoms with van der Waals surface area (Å²) < 4.78 is 5.72. The number of carbonyl (C=O) groups excluding carboxylic acids is 1. The van der Waals surface area contributed by atoms with Crippen LogP contribution >= 0.6 is 11.6 Å². The SMILES string of the molecule is C=C1Cc2ccc(OCC(=O)N3CCN(c4ccc(Cl)cc4)CC3)cc2N1. The van der Waals surface area contributed by atoms with Gasteiger partial charge in [0.15, 0.2) is 6.61 Å². The highest BCUT2D eigenvalue weighted by Gasteiger charge is 2.22. The molecule has 6 heteroatoms. The second kappa shape index (κ2) is 7.53. The van der Waals surface area contributed by atoms with Gasteiger partial charge in [-0.1, -0.05) is 24.2 Å². The smallest absolute Gasteiger partial charge is 0.260 e. The molecule has 0 unspecified atom stereocenters. The molecule has 1 saturated heterocycles. The van der Waals surface area contributed by atoms with Gasteiger partial charge in [0, 0.05) is 60.8 Å². The van der Waals surface area contributed by atoms with E-state index in [1.807, 2.05) is 47.4 Å². The van der Waals surface area contributed by atoms with E-state index >= 15 is 0 Å². The Balaban J connectivity index is 1.28. The number of rotatable bonds is 4. The van der Waals surface area contributed by atoms with E-state index in [2.05, 4.69) is 16.8 Å². The van der Waals surface area contributed by atoms with Crippen LogP contribution in [0.4, 0.5) is 11.4 Å². The van der Waals surface area contributed by atoms with Crippen molar-refractivity contribution in [3.8, 4) is 5.75 Å². The van der Waals surface area contributed by atoms with Gasteiger partial charge in [-0.15, -0.1) is 0 Å². The van der Waals surface area contributed by atoms with Gasteiger partial charge >= 0.3 is 0 Å². The Kier molecular flexibility index (Phi) is 4.94. The Morgan fingerprint density at radius 1 is 1.11 bits per heavy atom. The van der Waals surface area contributed by atoms with Gasteiger partial charge in [0.05, 0.1) is 0 Å². The van der Waals surface area contributed by atoms with Crippen LogP contribution in [0.5, 0.6) is 5.75 Å². The van der Waals surface area contributed by atoms with Crippen molar-refractivity contribution in [3.63, 3.8) is 0 Å². The molecule has 140 valence electrons. The molecule has 1 N–H and O–H groups in total. The highest BCUT2D eigenvalue weighted by molar-refractivity contribution is 6.30. The first kappa shape index (κ1) is 17.7. The summed E-state index contributed by atoms with van der Waals surface area (Å²) in [5.41, 5.74) is 4.34. The summed E-state index contributed by atoms with van der Waals surface area (Å²) in [7, 11) is 0. The number of nitrogens with one attached hydrogen (secondary N) is 1. The average molecular weight is 384 g/mol. The molecule has 0 spiro atoms. The van der Waals surface area contributed by atoms with Gasteiger partial charge in [0.2, 0.25) is 0 Å². The molecule has 0 atom stereocenters. The predicted octanol–water partition coefficient (Wildman–Crippen LogP) is 3.55. The fourth-order valence-corrected chi connectivity index (χ4v) is 3.61. The number of carbonyl (C=O) groups is 1. The first-order valence-electron chi connectivity index (χ1n) is 9.07. The van der Waals surface area contributed by atoms with Crippen LogP contribution in [0, 0.1) is 0 Å². The van der Waals surface area contributed by atoms with Gasteiger partial charge in [0.1, 0.15) is 5.75 Å². The van der Waals surface area contributed by atoms with Crippen molar-refractivity contribution >= 4 is 28.9 Å². The Morgan fingerprint density at radius 2 is 1.85 bits per heavy atom. The lowest BCUT2D eigenvalue weighted by Gasteiger charge is -2.36. The number of benzene rings is 2. The van der Waals surface area contributed by atoms with Gasteiger partial charge in [-0.25, -0.2) is 0 Å². The van der Waals surface area contributed by atoms with E-state index in [9.17, 15) is 4.79 Å². The summed E-state index contributed by atoms with van der Waals surface area (Å²) in [6, 6.07) is 13.7. The maximum Gasteiger partial charge on any atom is 0.260 e. The summed E-state index contributed by atoms with van der Waals surface area (Å²) >= 11 is 5.95. The summed E-state index contributed by atoms with van der Waals surface area (Å²) in [6.07, 6.45) is 0.840. The van der Waals surface area contributed by atoms with Gasteiger partial charge in [0.25, 0.3) is 5.91 Å². The number of halogens is 1. The van der Waals surface area contributed by atoms with Crippen LogP contribution in [-0.2, 0) is 11.2 Å². The van der Waals surface area contributed by atoms with Crippen molar-refractivity contribution in [2.45, 2.75) is 6.42 Å². The third-order valence-corrected chi connectivity index (χ3v) is 5.24. The van der Waals surface area contributed by atoms with Crippen LogP contribution in [0.2, 0.25) is 5.02 Å². The van der Waals surface area contributed by atoms with E-state index < -0.39 is 0 Å². The second-order valence-corrected chi connectivity index (χ2v) is 7.29. The molecule has 2 heterocycles. The maximum atomic E-state index is 12.5. The number of hydrogen-bond acceptors (Lipinski definition) is 4. The van der Waals surface area contributed by atoms with Crippen LogP contribution in [-0.4, -0.2) is 43.6 Å². The molecule has 2 aliphatic heterocycles. The first-order valence-corrected chi connectivity index (χ1v) is 9.45. The molecule has 5 nitrogen and oxygen atoms in total. The summed E-state index contributed by atoms with van der Waals surface area (Å²) in [5, 5.41) is 3.96. The molecular weight excluding hydrogens is 362 g/mol. The van der Waals surface area contributed by atoms with Crippen LogP contribution in [0.3, 0.4) is 0 Å². The predicted molar refractivity (Wildman–Crippen MR) is 109 cm³/mol. The number of amides is 1. The number of anilines is 2. The largest absolute Gasteiger partial charge is 0.484 e. The van der Waals surface area contributed by atoms with Crippen molar-refractivity contribution in [2.24, 2.45) is 0 Å². The normalized spacial score (nSPS) is 16.1. The molecule has 27 heavy (non-hydrogen) atoms.